The number of aromatic nitrogens is 1. The molecule has 3 heteroatoms. The summed E-state index contributed by atoms with van der Waals surface area (Å²) in [6.07, 6.45) is 7.06. The Morgan fingerprint density at radius 3 is 2.80 bits per heavy atom. The summed E-state index contributed by atoms with van der Waals surface area (Å²) < 4.78 is 0. The summed E-state index contributed by atoms with van der Waals surface area (Å²) in [7, 11) is 2.01. The first-order valence-corrected chi connectivity index (χ1v) is 5.70. The fraction of sp³-hybridized carbons (Fsp3) is 0.583. The first kappa shape index (κ1) is 10.4. The van der Waals surface area contributed by atoms with Crippen molar-refractivity contribution in [2.75, 3.05) is 12.8 Å². The van der Waals surface area contributed by atoms with Gasteiger partial charge in [-0.25, -0.2) is 4.98 Å². The van der Waals surface area contributed by atoms with Gasteiger partial charge in [-0.2, -0.15) is 0 Å². The van der Waals surface area contributed by atoms with Crippen LogP contribution in [0.2, 0.25) is 0 Å². The highest BCUT2D eigenvalue weighted by Crippen LogP contribution is 2.36. The second-order valence-electron chi connectivity index (χ2n) is 4.29. The molecule has 15 heavy (non-hydrogen) atoms. The molecule has 1 fully saturated rings. The summed E-state index contributed by atoms with van der Waals surface area (Å²) in [5.41, 5.74) is 7.07. The summed E-state index contributed by atoms with van der Waals surface area (Å²) in [6.45, 7) is 0. The summed E-state index contributed by atoms with van der Waals surface area (Å²) in [4.78, 5) is 4.16. The molecular weight excluding hydrogens is 186 g/mol. The van der Waals surface area contributed by atoms with Gasteiger partial charge in [-0.1, -0.05) is 18.9 Å². The van der Waals surface area contributed by atoms with E-state index in [2.05, 4.69) is 16.4 Å². The molecule has 0 spiro atoms. The zero-order valence-corrected chi connectivity index (χ0v) is 9.24. The molecule has 0 aliphatic heterocycles. The second-order valence-corrected chi connectivity index (χ2v) is 4.29. The molecule has 1 aliphatic rings. The quantitative estimate of drug-likeness (QED) is 0.794. The van der Waals surface area contributed by atoms with E-state index in [9.17, 15) is 0 Å². The Kier molecular flexibility index (Phi) is 3.21. The third-order valence-corrected chi connectivity index (χ3v) is 3.39. The van der Waals surface area contributed by atoms with E-state index >= 15 is 0 Å². The van der Waals surface area contributed by atoms with Crippen molar-refractivity contribution in [1.29, 1.82) is 0 Å². The van der Waals surface area contributed by atoms with Gasteiger partial charge >= 0.3 is 0 Å². The molecule has 1 aliphatic carbocycles. The van der Waals surface area contributed by atoms with E-state index in [4.69, 9.17) is 5.73 Å². The van der Waals surface area contributed by atoms with Gasteiger partial charge in [0, 0.05) is 17.8 Å². The van der Waals surface area contributed by atoms with Crippen molar-refractivity contribution in [2.45, 2.75) is 31.7 Å². The Morgan fingerprint density at radius 2 is 2.20 bits per heavy atom. The first-order chi connectivity index (χ1) is 7.33. The molecule has 0 saturated heterocycles. The lowest BCUT2D eigenvalue weighted by atomic mass is 9.92. The van der Waals surface area contributed by atoms with Crippen molar-refractivity contribution >= 4 is 5.82 Å². The lowest BCUT2D eigenvalue weighted by Crippen LogP contribution is -2.24. The van der Waals surface area contributed by atoms with Gasteiger partial charge in [0.2, 0.25) is 0 Å². The molecule has 3 nitrogen and oxygen atoms in total. The third-order valence-electron chi connectivity index (χ3n) is 3.39. The molecule has 1 heterocycles. The average molecular weight is 205 g/mol. The standard InChI is InChI=1S/C12H19N3/c1-14-11(9-5-2-3-6-9)10-7-4-8-15-12(10)13/h4,7-9,11,14H,2-3,5-6H2,1H3,(H2,13,15). The minimum atomic E-state index is 0.376. The molecular formula is C12H19N3. The van der Waals surface area contributed by atoms with E-state index < -0.39 is 0 Å². The SMILES string of the molecule is CNC(c1cccnc1N)C1CCCC1. The van der Waals surface area contributed by atoms with Crippen LogP contribution in [0.15, 0.2) is 18.3 Å². The lowest BCUT2D eigenvalue weighted by Gasteiger charge is -2.24. The van der Waals surface area contributed by atoms with Crippen LogP contribution >= 0.6 is 0 Å². The largest absolute Gasteiger partial charge is 0.383 e. The van der Waals surface area contributed by atoms with Crippen LogP contribution in [-0.2, 0) is 0 Å². The van der Waals surface area contributed by atoms with Gasteiger partial charge in [-0.15, -0.1) is 0 Å². The van der Waals surface area contributed by atoms with Gasteiger partial charge < -0.3 is 11.1 Å². The van der Waals surface area contributed by atoms with Crippen molar-refractivity contribution in [3.05, 3.63) is 23.9 Å². The van der Waals surface area contributed by atoms with E-state index in [0.29, 0.717) is 11.9 Å². The van der Waals surface area contributed by atoms with Crippen molar-refractivity contribution in [2.24, 2.45) is 5.92 Å². The summed E-state index contributed by atoms with van der Waals surface area (Å²) in [5, 5.41) is 3.38. The maximum atomic E-state index is 5.91. The van der Waals surface area contributed by atoms with Gasteiger partial charge in [0.05, 0.1) is 0 Å². The molecule has 82 valence electrons. The van der Waals surface area contributed by atoms with Crippen LogP contribution < -0.4 is 11.1 Å². The number of nitrogens with two attached hydrogens (primary N) is 1. The zero-order valence-electron chi connectivity index (χ0n) is 9.24. The van der Waals surface area contributed by atoms with Crippen LogP contribution in [0.1, 0.15) is 37.3 Å². The maximum Gasteiger partial charge on any atom is 0.128 e. The van der Waals surface area contributed by atoms with Gasteiger partial charge in [-0.05, 0) is 31.9 Å². The van der Waals surface area contributed by atoms with Crippen molar-refractivity contribution in [3.8, 4) is 0 Å². The molecule has 2 rings (SSSR count). The predicted molar refractivity (Wildman–Crippen MR) is 62.4 cm³/mol. The van der Waals surface area contributed by atoms with Gasteiger partial charge in [0.1, 0.15) is 5.82 Å². The van der Waals surface area contributed by atoms with Crippen LogP contribution in [-0.4, -0.2) is 12.0 Å². The van der Waals surface area contributed by atoms with E-state index in [1.54, 1.807) is 6.20 Å². The molecule has 0 aromatic carbocycles. The van der Waals surface area contributed by atoms with Gasteiger partial charge in [-0.3, -0.25) is 0 Å². The molecule has 1 atom stereocenters. The average Bonchev–Trinajstić information content (AvgIpc) is 2.75. The minimum absolute atomic E-state index is 0.376. The monoisotopic (exact) mass is 205 g/mol. The first-order valence-electron chi connectivity index (χ1n) is 5.70. The van der Waals surface area contributed by atoms with Crippen LogP contribution in [0, 0.1) is 5.92 Å². The number of nitrogens with one attached hydrogen (secondary N) is 1. The second kappa shape index (κ2) is 4.62. The fourth-order valence-electron chi connectivity index (χ4n) is 2.63. The number of hydrogen-bond donors (Lipinski definition) is 2. The topological polar surface area (TPSA) is 50.9 Å². The predicted octanol–water partition coefficient (Wildman–Crippen LogP) is 2.11. The molecule has 3 N–H and O–H groups in total. The molecule has 1 saturated carbocycles. The lowest BCUT2D eigenvalue weighted by molar-refractivity contribution is 0.391. The smallest absolute Gasteiger partial charge is 0.128 e. The van der Waals surface area contributed by atoms with Crippen molar-refractivity contribution < 1.29 is 0 Å². The summed E-state index contributed by atoms with van der Waals surface area (Å²) >= 11 is 0. The molecule has 1 aromatic rings. The van der Waals surface area contributed by atoms with Gasteiger partial charge in [0.15, 0.2) is 0 Å². The Morgan fingerprint density at radius 1 is 1.47 bits per heavy atom. The number of rotatable bonds is 3. The minimum Gasteiger partial charge on any atom is -0.383 e. The highest BCUT2D eigenvalue weighted by molar-refractivity contribution is 5.41. The molecule has 1 unspecified atom stereocenters. The van der Waals surface area contributed by atoms with E-state index in [1.807, 2.05) is 13.1 Å². The van der Waals surface area contributed by atoms with E-state index in [-0.39, 0.29) is 0 Å². The normalized spacial score (nSPS) is 19.3. The van der Waals surface area contributed by atoms with Crippen LogP contribution in [0.5, 0.6) is 0 Å². The number of hydrogen-bond acceptors (Lipinski definition) is 3. The zero-order chi connectivity index (χ0) is 10.7. The molecule has 0 bridgehead atoms. The number of pyridine rings is 1. The Labute approximate surface area is 91.1 Å². The van der Waals surface area contributed by atoms with E-state index in [0.717, 1.165) is 11.5 Å². The molecule has 1 aromatic heterocycles. The van der Waals surface area contributed by atoms with Crippen molar-refractivity contribution in [1.82, 2.24) is 10.3 Å². The highest BCUT2D eigenvalue weighted by Gasteiger charge is 2.26. The summed E-state index contributed by atoms with van der Waals surface area (Å²) in [5.74, 6) is 1.39. The Bertz CT molecular complexity index is 318. The van der Waals surface area contributed by atoms with E-state index in [1.165, 1.54) is 25.7 Å². The number of nitrogens with zero attached hydrogens (tertiary/aromatic N) is 1. The van der Waals surface area contributed by atoms with Gasteiger partial charge in [0.25, 0.3) is 0 Å². The van der Waals surface area contributed by atoms with Crippen LogP contribution in [0.25, 0.3) is 0 Å². The molecule has 0 amide bonds. The summed E-state index contributed by atoms with van der Waals surface area (Å²) in [6, 6.07) is 4.42. The van der Waals surface area contributed by atoms with Crippen molar-refractivity contribution in [3.63, 3.8) is 0 Å². The van der Waals surface area contributed by atoms with Crippen LogP contribution in [0.3, 0.4) is 0 Å². The number of nitrogen functional groups attached to an aromatic ring is 1. The molecule has 0 radical (unpaired) electrons. The Balaban J connectivity index is 2.22. The third kappa shape index (κ3) is 2.12. The number of anilines is 1. The fourth-order valence-corrected chi connectivity index (χ4v) is 2.63. The highest BCUT2D eigenvalue weighted by atomic mass is 14.9. The Hall–Kier alpha value is -1.09. The maximum absolute atomic E-state index is 5.91. The van der Waals surface area contributed by atoms with Crippen LogP contribution in [0.4, 0.5) is 5.82 Å².